The third-order valence-electron chi connectivity index (χ3n) is 1.98. The monoisotopic (exact) mass is 193 g/mol. The largest absolute Gasteiger partial charge is 0.446 e. The van der Waals surface area contributed by atoms with E-state index < -0.39 is 19.1 Å². The first-order chi connectivity index (χ1) is 6.18. The average molecular weight is 193 g/mol. The predicted octanol–water partition coefficient (Wildman–Crippen LogP) is 1.92. The van der Waals surface area contributed by atoms with Gasteiger partial charge in [0, 0.05) is 0 Å². The van der Waals surface area contributed by atoms with Crippen LogP contribution < -0.4 is 5.32 Å². The Labute approximate surface area is 75.4 Å². The van der Waals surface area contributed by atoms with Gasteiger partial charge in [0.15, 0.2) is 0 Å². The molecular formula is C8H13F2NO2. The van der Waals surface area contributed by atoms with E-state index in [4.69, 9.17) is 4.74 Å². The normalized spacial score (nSPS) is 17.8. The lowest BCUT2D eigenvalue weighted by Crippen LogP contribution is -2.31. The van der Waals surface area contributed by atoms with Crippen LogP contribution in [-0.2, 0) is 4.74 Å². The molecule has 0 aromatic carbocycles. The molecule has 5 heteroatoms. The number of hydrogen-bond donors (Lipinski definition) is 1. The first-order valence-corrected chi connectivity index (χ1v) is 4.41. The Kier molecular flexibility index (Phi) is 3.92. The summed E-state index contributed by atoms with van der Waals surface area (Å²) < 4.78 is 28.2. The maximum absolute atomic E-state index is 11.6. The van der Waals surface area contributed by atoms with Crippen molar-refractivity contribution >= 4 is 6.09 Å². The molecule has 0 unspecified atom stereocenters. The Bertz CT molecular complexity index is 170. The van der Waals surface area contributed by atoms with Crippen molar-refractivity contribution in [2.75, 3.05) is 6.54 Å². The number of halogens is 2. The molecule has 0 radical (unpaired) electrons. The Balaban J connectivity index is 2.09. The van der Waals surface area contributed by atoms with Crippen LogP contribution in [0.3, 0.4) is 0 Å². The molecule has 0 spiro atoms. The van der Waals surface area contributed by atoms with Gasteiger partial charge in [0.25, 0.3) is 6.43 Å². The number of alkyl carbamates (subject to hydrolysis) is 1. The molecule has 0 heterocycles. The highest BCUT2D eigenvalue weighted by molar-refractivity contribution is 5.67. The second-order valence-corrected chi connectivity index (χ2v) is 3.08. The van der Waals surface area contributed by atoms with E-state index in [2.05, 4.69) is 0 Å². The van der Waals surface area contributed by atoms with Crippen molar-refractivity contribution in [1.29, 1.82) is 0 Å². The molecule has 1 rings (SSSR count). The summed E-state index contributed by atoms with van der Waals surface area (Å²) in [6.07, 6.45) is 0.477. The van der Waals surface area contributed by atoms with Crippen LogP contribution in [0.1, 0.15) is 25.7 Å². The molecule has 0 atom stereocenters. The SMILES string of the molecule is O=C(NCC(F)F)OC1CCCC1. The van der Waals surface area contributed by atoms with Gasteiger partial charge in [0.05, 0.1) is 6.54 Å². The number of carbonyl (C=O) groups excluding carboxylic acids is 1. The van der Waals surface area contributed by atoms with Gasteiger partial charge < -0.3 is 10.1 Å². The van der Waals surface area contributed by atoms with E-state index in [1.807, 2.05) is 5.32 Å². The maximum atomic E-state index is 11.6. The lowest BCUT2D eigenvalue weighted by Gasteiger charge is -2.11. The minimum atomic E-state index is -2.52. The van der Waals surface area contributed by atoms with Crippen molar-refractivity contribution in [2.24, 2.45) is 0 Å². The van der Waals surface area contributed by atoms with Gasteiger partial charge in [-0.15, -0.1) is 0 Å². The summed E-state index contributed by atoms with van der Waals surface area (Å²) in [5.74, 6) is 0. The number of amides is 1. The number of rotatable bonds is 3. The van der Waals surface area contributed by atoms with Gasteiger partial charge in [-0.05, 0) is 25.7 Å². The van der Waals surface area contributed by atoms with Gasteiger partial charge in [0.2, 0.25) is 0 Å². The molecule has 1 saturated carbocycles. The first kappa shape index (κ1) is 10.2. The van der Waals surface area contributed by atoms with Crippen molar-refractivity contribution in [3.63, 3.8) is 0 Å². The first-order valence-electron chi connectivity index (χ1n) is 4.41. The van der Waals surface area contributed by atoms with E-state index in [0.717, 1.165) is 25.7 Å². The molecule has 0 bridgehead atoms. The summed E-state index contributed by atoms with van der Waals surface area (Å²) in [6, 6.07) is 0. The molecule has 0 aromatic rings. The summed E-state index contributed by atoms with van der Waals surface area (Å²) in [6.45, 7) is -0.633. The zero-order chi connectivity index (χ0) is 9.68. The summed E-state index contributed by atoms with van der Waals surface area (Å²) in [5, 5.41) is 2.00. The van der Waals surface area contributed by atoms with Crippen LogP contribution in [0.2, 0.25) is 0 Å². The lowest BCUT2D eigenvalue weighted by molar-refractivity contribution is 0.0895. The van der Waals surface area contributed by atoms with E-state index in [1.165, 1.54) is 0 Å². The van der Waals surface area contributed by atoms with Crippen LogP contribution in [0.4, 0.5) is 13.6 Å². The van der Waals surface area contributed by atoms with Crippen LogP contribution in [0.15, 0.2) is 0 Å². The molecule has 1 fully saturated rings. The second kappa shape index (κ2) is 4.99. The number of ether oxygens (including phenoxy) is 1. The zero-order valence-electron chi connectivity index (χ0n) is 7.26. The van der Waals surface area contributed by atoms with Crippen molar-refractivity contribution in [1.82, 2.24) is 5.32 Å². The molecule has 1 aliphatic carbocycles. The van der Waals surface area contributed by atoms with E-state index in [1.54, 1.807) is 0 Å². The summed E-state index contributed by atoms with van der Waals surface area (Å²) in [7, 11) is 0. The standard InChI is InChI=1S/C8H13F2NO2/c9-7(10)5-11-8(12)13-6-3-1-2-4-6/h6-7H,1-5H2,(H,11,12). The van der Waals surface area contributed by atoms with Crippen LogP contribution >= 0.6 is 0 Å². The van der Waals surface area contributed by atoms with E-state index >= 15 is 0 Å². The second-order valence-electron chi connectivity index (χ2n) is 3.08. The minimum absolute atomic E-state index is 0.0716. The van der Waals surface area contributed by atoms with Crippen molar-refractivity contribution < 1.29 is 18.3 Å². The van der Waals surface area contributed by atoms with Gasteiger partial charge >= 0.3 is 6.09 Å². The Morgan fingerprint density at radius 1 is 1.46 bits per heavy atom. The molecule has 1 aliphatic rings. The van der Waals surface area contributed by atoms with Gasteiger partial charge in [0.1, 0.15) is 6.10 Å². The highest BCUT2D eigenvalue weighted by Crippen LogP contribution is 2.20. The van der Waals surface area contributed by atoms with Crippen LogP contribution in [0.25, 0.3) is 0 Å². The third-order valence-corrected chi connectivity index (χ3v) is 1.98. The highest BCUT2D eigenvalue weighted by Gasteiger charge is 2.19. The van der Waals surface area contributed by atoms with Crippen LogP contribution in [0.5, 0.6) is 0 Å². The average Bonchev–Trinajstić information content (AvgIpc) is 2.53. The molecule has 0 saturated heterocycles. The van der Waals surface area contributed by atoms with E-state index in [9.17, 15) is 13.6 Å². The molecule has 76 valence electrons. The lowest BCUT2D eigenvalue weighted by atomic mass is 10.3. The molecule has 1 N–H and O–H groups in total. The van der Waals surface area contributed by atoms with E-state index in [-0.39, 0.29) is 6.10 Å². The molecule has 1 amide bonds. The number of carbonyl (C=O) groups is 1. The summed E-state index contributed by atoms with van der Waals surface area (Å²) >= 11 is 0. The fraction of sp³-hybridized carbons (Fsp3) is 0.875. The number of hydrogen-bond acceptors (Lipinski definition) is 2. The Morgan fingerprint density at radius 3 is 2.62 bits per heavy atom. The summed E-state index contributed by atoms with van der Waals surface area (Å²) in [5.41, 5.74) is 0. The van der Waals surface area contributed by atoms with E-state index in [0.29, 0.717) is 0 Å². The predicted molar refractivity (Wildman–Crippen MR) is 42.7 cm³/mol. The van der Waals surface area contributed by atoms with Gasteiger partial charge in [-0.2, -0.15) is 0 Å². The maximum Gasteiger partial charge on any atom is 0.407 e. The zero-order valence-corrected chi connectivity index (χ0v) is 7.26. The van der Waals surface area contributed by atoms with Gasteiger partial charge in [-0.1, -0.05) is 0 Å². The minimum Gasteiger partial charge on any atom is -0.446 e. The van der Waals surface area contributed by atoms with Gasteiger partial charge in [-0.3, -0.25) is 0 Å². The number of nitrogens with one attached hydrogen (secondary N) is 1. The van der Waals surface area contributed by atoms with Crippen LogP contribution in [-0.4, -0.2) is 25.2 Å². The van der Waals surface area contributed by atoms with Crippen molar-refractivity contribution in [3.05, 3.63) is 0 Å². The Morgan fingerprint density at radius 2 is 2.08 bits per heavy atom. The van der Waals surface area contributed by atoms with Crippen LogP contribution in [0, 0.1) is 0 Å². The molecule has 0 aliphatic heterocycles. The fourth-order valence-electron chi connectivity index (χ4n) is 1.36. The molecule has 3 nitrogen and oxygen atoms in total. The fourth-order valence-corrected chi connectivity index (χ4v) is 1.36. The topological polar surface area (TPSA) is 38.3 Å². The molecular weight excluding hydrogens is 180 g/mol. The molecule has 0 aromatic heterocycles. The summed E-state index contributed by atoms with van der Waals surface area (Å²) in [4.78, 5) is 10.8. The third kappa shape index (κ3) is 4.05. The molecule has 13 heavy (non-hydrogen) atoms. The quantitative estimate of drug-likeness (QED) is 0.743. The van der Waals surface area contributed by atoms with Crippen molar-refractivity contribution in [2.45, 2.75) is 38.2 Å². The highest BCUT2D eigenvalue weighted by atomic mass is 19.3. The smallest absolute Gasteiger partial charge is 0.407 e. The Hall–Kier alpha value is -0.870. The number of alkyl halides is 2. The van der Waals surface area contributed by atoms with Crippen molar-refractivity contribution in [3.8, 4) is 0 Å². The van der Waals surface area contributed by atoms with Gasteiger partial charge in [-0.25, -0.2) is 13.6 Å².